The lowest BCUT2D eigenvalue weighted by atomic mass is 10.0. The van der Waals surface area contributed by atoms with Gasteiger partial charge in [0.25, 0.3) is 5.56 Å². The first-order valence-electron chi connectivity index (χ1n) is 9.36. The van der Waals surface area contributed by atoms with Crippen molar-refractivity contribution in [3.05, 3.63) is 64.7 Å². The van der Waals surface area contributed by atoms with Crippen LogP contribution in [0.1, 0.15) is 0 Å². The van der Waals surface area contributed by atoms with Gasteiger partial charge in [0, 0.05) is 30.6 Å². The van der Waals surface area contributed by atoms with Crippen LogP contribution in [0.3, 0.4) is 0 Å². The topological polar surface area (TPSA) is 67.6 Å². The number of nitrogens with zero attached hydrogens (tertiary/aromatic N) is 3. The van der Waals surface area contributed by atoms with E-state index >= 15 is 0 Å². The van der Waals surface area contributed by atoms with Gasteiger partial charge in [-0.15, -0.1) is 0 Å². The lowest BCUT2D eigenvalue weighted by molar-refractivity contribution is 0.0106. The van der Waals surface area contributed by atoms with E-state index in [1.54, 1.807) is 24.3 Å². The smallest absolute Gasteiger partial charge is 0.274 e. The second kappa shape index (κ2) is 8.18. The molecule has 0 amide bonds. The second-order valence-corrected chi connectivity index (χ2v) is 6.96. The summed E-state index contributed by atoms with van der Waals surface area (Å²) in [4.78, 5) is 15.0. The van der Waals surface area contributed by atoms with Crippen molar-refractivity contribution in [3.63, 3.8) is 0 Å². The van der Waals surface area contributed by atoms with Crippen LogP contribution < -0.4 is 5.56 Å². The highest BCUT2D eigenvalue weighted by Crippen LogP contribution is 2.24. The van der Waals surface area contributed by atoms with Gasteiger partial charge in [-0.2, -0.15) is 5.10 Å². The molecule has 2 heterocycles. The van der Waals surface area contributed by atoms with Gasteiger partial charge < -0.3 is 9.84 Å². The Bertz CT molecular complexity index is 1010. The summed E-state index contributed by atoms with van der Waals surface area (Å²) >= 11 is 0. The molecule has 0 aliphatic carbocycles. The Hall–Kier alpha value is -2.61. The van der Waals surface area contributed by atoms with E-state index in [0.29, 0.717) is 41.8 Å². The van der Waals surface area contributed by atoms with E-state index in [0.717, 1.165) is 13.1 Å². The molecule has 7 heteroatoms. The van der Waals surface area contributed by atoms with E-state index < -0.39 is 6.10 Å². The lowest BCUT2D eigenvalue weighted by Crippen LogP contribution is -2.43. The van der Waals surface area contributed by atoms with Crippen LogP contribution >= 0.6 is 0 Å². The number of rotatable bonds is 5. The van der Waals surface area contributed by atoms with Crippen molar-refractivity contribution < 1.29 is 14.2 Å². The highest BCUT2D eigenvalue weighted by atomic mass is 19.1. The zero-order valence-corrected chi connectivity index (χ0v) is 15.4. The van der Waals surface area contributed by atoms with Crippen LogP contribution in [0.5, 0.6) is 0 Å². The van der Waals surface area contributed by atoms with E-state index in [4.69, 9.17) is 4.74 Å². The van der Waals surface area contributed by atoms with Crippen molar-refractivity contribution in [2.24, 2.45) is 0 Å². The van der Waals surface area contributed by atoms with Gasteiger partial charge in [-0.1, -0.05) is 18.2 Å². The molecule has 146 valence electrons. The maximum Gasteiger partial charge on any atom is 0.274 e. The third-order valence-electron chi connectivity index (χ3n) is 4.94. The fourth-order valence-electron chi connectivity index (χ4n) is 3.52. The van der Waals surface area contributed by atoms with Crippen LogP contribution in [0, 0.1) is 5.82 Å². The highest BCUT2D eigenvalue weighted by Gasteiger charge is 2.18. The molecule has 0 bridgehead atoms. The number of aromatic nitrogens is 2. The van der Waals surface area contributed by atoms with Crippen LogP contribution in [0.4, 0.5) is 4.39 Å². The van der Waals surface area contributed by atoms with Crippen molar-refractivity contribution in [2.45, 2.75) is 12.6 Å². The highest BCUT2D eigenvalue weighted by molar-refractivity contribution is 5.93. The van der Waals surface area contributed by atoms with Gasteiger partial charge in [-0.05, 0) is 30.3 Å². The quantitative estimate of drug-likeness (QED) is 0.729. The Morgan fingerprint density at radius 2 is 1.71 bits per heavy atom. The number of hydrogen-bond donors (Lipinski definition) is 1. The minimum atomic E-state index is -0.731. The molecule has 1 fully saturated rings. The van der Waals surface area contributed by atoms with Gasteiger partial charge in [-0.25, -0.2) is 9.07 Å². The SMILES string of the molecule is O=c1c2ccccc2c(-c2ccc(F)cc2)nn1C[C@@H](O)CN1CCOCC1. The average molecular weight is 383 g/mol. The summed E-state index contributed by atoms with van der Waals surface area (Å²) in [6.45, 7) is 3.37. The predicted molar refractivity (Wildman–Crippen MR) is 105 cm³/mol. The van der Waals surface area contributed by atoms with Gasteiger partial charge in [0.15, 0.2) is 0 Å². The zero-order valence-electron chi connectivity index (χ0n) is 15.4. The van der Waals surface area contributed by atoms with Crippen molar-refractivity contribution in [1.29, 1.82) is 0 Å². The van der Waals surface area contributed by atoms with Crippen molar-refractivity contribution in [2.75, 3.05) is 32.8 Å². The van der Waals surface area contributed by atoms with E-state index in [-0.39, 0.29) is 17.9 Å². The third kappa shape index (κ3) is 3.96. The van der Waals surface area contributed by atoms with Crippen LogP contribution in [0.25, 0.3) is 22.0 Å². The molecular weight excluding hydrogens is 361 g/mol. The van der Waals surface area contributed by atoms with Crippen molar-refractivity contribution >= 4 is 10.8 Å². The maximum atomic E-state index is 13.3. The summed E-state index contributed by atoms with van der Waals surface area (Å²) in [5.41, 5.74) is 1.06. The number of aliphatic hydroxyl groups excluding tert-OH is 1. The molecule has 0 unspecified atom stereocenters. The first kappa shape index (κ1) is 18.7. The van der Waals surface area contributed by atoms with E-state index in [2.05, 4.69) is 10.00 Å². The first-order valence-corrected chi connectivity index (χ1v) is 9.36. The van der Waals surface area contributed by atoms with Crippen molar-refractivity contribution in [3.8, 4) is 11.3 Å². The molecule has 1 atom stereocenters. The molecule has 1 N–H and O–H groups in total. The molecule has 1 aliphatic heterocycles. The monoisotopic (exact) mass is 383 g/mol. The standard InChI is InChI=1S/C21H22FN3O3/c22-16-7-5-15(6-8-16)20-18-3-1-2-4-19(18)21(27)25(23-20)14-17(26)13-24-9-11-28-12-10-24/h1-8,17,26H,9-14H2/t17-/m0/s1. The van der Waals surface area contributed by atoms with E-state index in [9.17, 15) is 14.3 Å². The van der Waals surface area contributed by atoms with E-state index in [1.807, 2.05) is 12.1 Å². The van der Waals surface area contributed by atoms with Gasteiger partial charge >= 0.3 is 0 Å². The summed E-state index contributed by atoms with van der Waals surface area (Å²) in [5, 5.41) is 16.3. The molecule has 3 aromatic rings. The number of benzene rings is 2. The normalized spacial score (nSPS) is 16.4. The van der Waals surface area contributed by atoms with Gasteiger partial charge in [0.05, 0.1) is 36.9 Å². The largest absolute Gasteiger partial charge is 0.390 e. The molecule has 0 spiro atoms. The Kier molecular flexibility index (Phi) is 5.47. The first-order chi connectivity index (χ1) is 13.6. The van der Waals surface area contributed by atoms with Crippen LogP contribution in [0.15, 0.2) is 53.3 Å². The number of β-amino-alcohol motifs (C(OH)–C–C–N with tert-alkyl or cyclic N) is 1. The molecule has 0 radical (unpaired) electrons. The molecule has 6 nitrogen and oxygen atoms in total. The molecule has 1 aliphatic rings. The zero-order chi connectivity index (χ0) is 19.5. The predicted octanol–water partition coefficient (Wildman–Crippen LogP) is 1.90. The summed E-state index contributed by atoms with van der Waals surface area (Å²) < 4.78 is 20.0. The minimum absolute atomic E-state index is 0.0925. The minimum Gasteiger partial charge on any atom is -0.390 e. The summed E-state index contributed by atoms with van der Waals surface area (Å²) in [6.07, 6.45) is -0.731. The van der Waals surface area contributed by atoms with Gasteiger partial charge in [0.1, 0.15) is 5.82 Å². The maximum absolute atomic E-state index is 13.3. The number of aliphatic hydroxyl groups is 1. The average Bonchev–Trinajstić information content (AvgIpc) is 2.72. The van der Waals surface area contributed by atoms with Crippen LogP contribution in [-0.2, 0) is 11.3 Å². The number of hydrogen-bond acceptors (Lipinski definition) is 5. The number of fused-ring (bicyclic) bond motifs is 1. The number of ether oxygens (including phenoxy) is 1. The summed E-state index contributed by atoms with van der Waals surface area (Å²) in [5.74, 6) is -0.331. The lowest BCUT2D eigenvalue weighted by Gasteiger charge is -2.28. The Morgan fingerprint density at radius 1 is 1.04 bits per heavy atom. The van der Waals surface area contributed by atoms with Gasteiger partial charge in [-0.3, -0.25) is 9.69 Å². The van der Waals surface area contributed by atoms with Crippen LogP contribution in [0.2, 0.25) is 0 Å². The molecule has 1 aromatic heterocycles. The molecule has 28 heavy (non-hydrogen) atoms. The fourth-order valence-corrected chi connectivity index (χ4v) is 3.52. The van der Waals surface area contributed by atoms with Crippen LogP contribution in [-0.4, -0.2) is 58.7 Å². The Labute approximate surface area is 161 Å². The number of halogens is 1. The Balaban J connectivity index is 1.69. The molecule has 2 aromatic carbocycles. The Morgan fingerprint density at radius 3 is 2.43 bits per heavy atom. The molecule has 4 rings (SSSR count). The van der Waals surface area contributed by atoms with E-state index in [1.165, 1.54) is 16.8 Å². The molecule has 1 saturated heterocycles. The second-order valence-electron chi connectivity index (χ2n) is 6.96. The fraction of sp³-hybridized carbons (Fsp3) is 0.333. The summed E-state index contributed by atoms with van der Waals surface area (Å²) in [6, 6.07) is 13.2. The third-order valence-corrected chi connectivity index (χ3v) is 4.94. The number of morpholine rings is 1. The molecular formula is C21H22FN3O3. The molecule has 0 saturated carbocycles. The van der Waals surface area contributed by atoms with Crippen molar-refractivity contribution in [1.82, 2.24) is 14.7 Å². The van der Waals surface area contributed by atoms with Gasteiger partial charge in [0.2, 0.25) is 0 Å². The summed E-state index contributed by atoms with van der Waals surface area (Å²) in [7, 11) is 0.